The molecule has 3 rings (SSSR count). The van der Waals surface area contributed by atoms with Crippen LogP contribution in [0.2, 0.25) is 0 Å². The lowest BCUT2D eigenvalue weighted by Crippen LogP contribution is -2.16. The molecular formula is C21H19BrN2O5S. The minimum Gasteiger partial charge on any atom is -0.494 e. The predicted molar refractivity (Wildman–Crippen MR) is 118 cm³/mol. The molecule has 0 spiro atoms. The van der Waals surface area contributed by atoms with Gasteiger partial charge in [-0.25, -0.2) is 13.6 Å². The Labute approximate surface area is 183 Å². The molecular weight excluding hydrogens is 472 g/mol. The van der Waals surface area contributed by atoms with Crippen molar-refractivity contribution in [2.45, 2.75) is 11.8 Å². The average Bonchev–Trinajstić information content (AvgIpc) is 2.70. The van der Waals surface area contributed by atoms with Crippen molar-refractivity contribution in [2.75, 3.05) is 11.9 Å². The van der Waals surface area contributed by atoms with E-state index in [0.717, 1.165) is 5.75 Å². The number of benzene rings is 3. The molecule has 0 fully saturated rings. The Balaban J connectivity index is 1.84. The molecule has 0 aliphatic carbocycles. The van der Waals surface area contributed by atoms with Crippen LogP contribution in [0.15, 0.2) is 76.1 Å². The molecule has 3 N–H and O–H groups in total. The molecule has 0 aromatic heterocycles. The zero-order chi connectivity index (χ0) is 21.7. The van der Waals surface area contributed by atoms with Gasteiger partial charge < -0.3 is 14.8 Å². The maximum atomic E-state index is 12.8. The molecule has 0 radical (unpaired) electrons. The number of ether oxygens (including phenoxy) is 2. The normalized spacial score (nSPS) is 11.0. The Morgan fingerprint density at radius 2 is 1.70 bits per heavy atom. The monoisotopic (exact) mass is 490 g/mol. The lowest BCUT2D eigenvalue weighted by molar-refractivity contribution is 0.102. The first-order valence-electron chi connectivity index (χ1n) is 8.91. The second-order valence-electron chi connectivity index (χ2n) is 6.14. The Bertz CT molecular complexity index is 1160. The van der Waals surface area contributed by atoms with Crippen molar-refractivity contribution in [3.63, 3.8) is 0 Å². The highest BCUT2D eigenvalue weighted by Crippen LogP contribution is 2.31. The first-order chi connectivity index (χ1) is 14.3. The van der Waals surface area contributed by atoms with Crippen LogP contribution in [0.3, 0.4) is 0 Å². The van der Waals surface area contributed by atoms with Gasteiger partial charge in [0.1, 0.15) is 11.5 Å². The van der Waals surface area contributed by atoms with E-state index in [1.807, 2.05) is 6.92 Å². The number of halogens is 1. The second-order valence-corrected chi connectivity index (χ2v) is 8.56. The van der Waals surface area contributed by atoms with E-state index in [9.17, 15) is 13.2 Å². The summed E-state index contributed by atoms with van der Waals surface area (Å²) in [5.74, 6) is 1.20. The van der Waals surface area contributed by atoms with E-state index >= 15 is 0 Å². The molecule has 156 valence electrons. The van der Waals surface area contributed by atoms with E-state index in [4.69, 9.17) is 14.6 Å². The van der Waals surface area contributed by atoms with E-state index in [2.05, 4.69) is 21.2 Å². The zero-order valence-electron chi connectivity index (χ0n) is 16.0. The number of anilines is 1. The summed E-state index contributed by atoms with van der Waals surface area (Å²) >= 11 is 3.26. The van der Waals surface area contributed by atoms with Crippen LogP contribution in [-0.2, 0) is 10.0 Å². The van der Waals surface area contributed by atoms with Gasteiger partial charge in [-0.05, 0) is 77.5 Å². The molecule has 7 nitrogen and oxygen atoms in total. The summed E-state index contributed by atoms with van der Waals surface area (Å²) in [6, 6.07) is 18.0. The van der Waals surface area contributed by atoms with E-state index < -0.39 is 15.9 Å². The number of carbonyl (C=O) groups is 1. The van der Waals surface area contributed by atoms with Crippen LogP contribution < -0.4 is 19.9 Å². The van der Waals surface area contributed by atoms with Crippen molar-refractivity contribution in [1.82, 2.24) is 0 Å². The van der Waals surface area contributed by atoms with Crippen molar-refractivity contribution in [2.24, 2.45) is 5.14 Å². The molecule has 0 aliphatic rings. The number of amides is 1. The van der Waals surface area contributed by atoms with Crippen LogP contribution in [0.25, 0.3) is 0 Å². The van der Waals surface area contributed by atoms with Gasteiger partial charge in [0.25, 0.3) is 5.91 Å². The number of nitrogens with two attached hydrogens (primary N) is 1. The highest BCUT2D eigenvalue weighted by Gasteiger charge is 2.17. The maximum Gasteiger partial charge on any atom is 0.256 e. The van der Waals surface area contributed by atoms with Gasteiger partial charge in [-0.1, -0.05) is 12.1 Å². The van der Waals surface area contributed by atoms with E-state index in [-0.39, 0.29) is 10.5 Å². The highest BCUT2D eigenvalue weighted by atomic mass is 79.9. The summed E-state index contributed by atoms with van der Waals surface area (Å²) in [7, 11) is -3.94. The fourth-order valence-corrected chi connectivity index (χ4v) is 3.57. The molecule has 0 atom stereocenters. The first-order valence-corrected chi connectivity index (χ1v) is 11.3. The second kappa shape index (κ2) is 9.29. The third-order valence-electron chi connectivity index (χ3n) is 4.01. The fraction of sp³-hybridized carbons (Fsp3) is 0.0952. The average molecular weight is 491 g/mol. The molecule has 1 amide bonds. The van der Waals surface area contributed by atoms with Crippen LogP contribution >= 0.6 is 15.9 Å². The number of sulfonamides is 1. The Hall–Kier alpha value is -2.88. The lowest BCUT2D eigenvalue weighted by Gasteiger charge is -2.13. The van der Waals surface area contributed by atoms with Crippen molar-refractivity contribution in [3.05, 3.63) is 76.8 Å². The summed E-state index contributed by atoms with van der Waals surface area (Å²) in [6.45, 7) is 2.47. The lowest BCUT2D eigenvalue weighted by atomic mass is 10.2. The Morgan fingerprint density at radius 1 is 1.03 bits per heavy atom. The van der Waals surface area contributed by atoms with Crippen molar-refractivity contribution < 1.29 is 22.7 Å². The largest absolute Gasteiger partial charge is 0.494 e. The molecule has 9 heteroatoms. The molecule has 3 aromatic rings. The molecule has 30 heavy (non-hydrogen) atoms. The smallest absolute Gasteiger partial charge is 0.256 e. The van der Waals surface area contributed by atoms with Gasteiger partial charge in [0.2, 0.25) is 10.0 Å². The maximum absolute atomic E-state index is 12.8. The number of nitrogens with one attached hydrogen (secondary N) is 1. The summed E-state index contributed by atoms with van der Waals surface area (Å²) in [5.41, 5.74) is 0.543. The van der Waals surface area contributed by atoms with Gasteiger partial charge in [-0.2, -0.15) is 0 Å². The van der Waals surface area contributed by atoms with Gasteiger partial charge in [-0.3, -0.25) is 4.79 Å². The third kappa shape index (κ3) is 5.38. The Kier molecular flexibility index (Phi) is 6.76. The minimum absolute atomic E-state index is 0.123. The van der Waals surface area contributed by atoms with E-state index in [0.29, 0.717) is 28.3 Å². The number of rotatable bonds is 7. The summed E-state index contributed by atoms with van der Waals surface area (Å²) < 4.78 is 34.9. The molecule has 0 saturated heterocycles. The number of hydrogen-bond acceptors (Lipinski definition) is 5. The highest BCUT2D eigenvalue weighted by molar-refractivity contribution is 9.10. The molecule has 3 aromatic carbocycles. The number of hydrogen-bond donors (Lipinski definition) is 2. The van der Waals surface area contributed by atoms with Crippen LogP contribution in [0.4, 0.5) is 5.69 Å². The molecule has 0 aliphatic heterocycles. The van der Waals surface area contributed by atoms with Crippen LogP contribution in [0, 0.1) is 0 Å². The topological polar surface area (TPSA) is 108 Å². The predicted octanol–water partition coefficient (Wildman–Crippen LogP) is 4.54. The van der Waals surface area contributed by atoms with Gasteiger partial charge in [0, 0.05) is 4.47 Å². The standard InChI is InChI=1S/C21H19BrN2O5S/c1-2-28-14-7-9-15(10-8-14)29-20-6-4-3-5-19(20)24-21(25)17-13-16(30(23,26)27)11-12-18(17)22/h3-13H,2H2,1H3,(H,24,25)(H2,23,26,27). The van der Waals surface area contributed by atoms with Crippen molar-refractivity contribution in [3.8, 4) is 17.2 Å². The molecule has 0 unspecified atom stereocenters. The SMILES string of the molecule is CCOc1ccc(Oc2ccccc2NC(=O)c2cc(S(N)(=O)=O)ccc2Br)cc1. The minimum atomic E-state index is -3.94. The van der Waals surface area contributed by atoms with Crippen LogP contribution in [0.1, 0.15) is 17.3 Å². The van der Waals surface area contributed by atoms with Crippen molar-refractivity contribution >= 4 is 37.5 Å². The van der Waals surface area contributed by atoms with Crippen LogP contribution in [0.5, 0.6) is 17.2 Å². The molecule has 0 saturated carbocycles. The molecule has 0 bridgehead atoms. The summed E-state index contributed by atoms with van der Waals surface area (Å²) in [5, 5.41) is 7.91. The van der Waals surface area contributed by atoms with E-state index in [1.165, 1.54) is 18.2 Å². The first kappa shape index (κ1) is 21.8. The third-order valence-corrected chi connectivity index (χ3v) is 5.61. The Morgan fingerprint density at radius 3 is 2.37 bits per heavy atom. The number of para-hydroxylation sites is 2. The number of carbonyl (C=O) groups excluding carboxylic acids is 1. The van der Waals surface area contributed by atoms with Gasteiger partial charge in [-0.15, -0.1) is 0 Å². The summed E-state index contributed by atoms with van der Waals surface area (Å²) in [4.78, 5) is 12.6. The van der Waals surface area contributed by atoms with Crippen LogP contribution in [-0.4, -0.2) is 20.9 Å². The molecule has 0 heterocycles. The van der Waals surface area contributed by atoms with E-state index in [1.54, 1.807) is 48.5 Å². The fourth-order valence-electron chi connectivity index (χ4n) is 2.60. The van der Waals surface area contributed by atoms with Gasteiger partial charge in [0.05, 0.1) is 22.8 Å². The van der Waals surface area contributed by atoms with Gasteiger partial charge >= 0.3 is 0 Å². The number of primary sulfonamides is 1. The summed E-state index contributed by atoms with van der Waals surface area (Å²) in [6.07, 6.45) is 0. The van der Waals surface area contributed by atoms with Crippen molar-refractivity contribution in [1.29, 1.82) is 0 Å². The zero-order valence-corrected chi connectivity index (χ0v) is 18.4. The quantitative estimate of drug-likeness (QED) is 0.505. The van der Waals surface area contributed by atoms with Gasteiger partial charge in [0.15, 0.2) is 5.75 Å².